The fourth-order valence-electron chi connectivity index (χ4n) is 2.16. The van der Waals surface area contributed by atoms with Crippen LogP contribution in [0.5, 0.6) is 0 Å². The Balaban J connectivity index is 2.37. The minimum atomic E-state index is -0.983. The second-order valence-electron chi connectivity index (χ2n) is 5.10. The molecule has 0 atom stereocenters. The number of aliphatic hydroxyl groups excluding tert-OH is 1. The summed E-state index contributed by atoms with van der Waals surface area (Å²) in [5.41, 5.74) is -0.345. The van der Waals surface area contributed by atoms with Gasteiger partial charge in [0.25, 0.3) is 5.91 Å². The van der Waals surface area contributed by atoms with Crippen molar-refractivity contribution in [2.75, 3.05) is 13.4 Å². The first-order valence-electron chi connectivity index (χ1n) is 6.65. The van der Waals surface area contributed by atoms with Crippen LogP contribution in [0.4, 0.5) is 0 Å². The Morgan fingerprint density at radius 3 is 2.62 bits per heavy atom. The molecule has 2 rings (SSSR count). The van der Waals surface area contributed by atoms with Crippen LogP contribution in [-0.2, 0) is 14.4 Å². The van der Waals surface area contributed by atoms with E-state index in [1.54, 1.807) is 38.1 Å². The number of nitrogens with zero attached hydrogens (tertiary/aromatic N) is 1. The van der Waals surface area contributed by atoms with Gasteiger partial charge in [-0.1, -0.05) is 29.8 Å². The van der Waals surface area contributed by atoms with Gasteiger partial charge in [0.1, 0.15) is 11.3 Å². The van der Waals surface area contributed by atoms with Crippen LogP contribution in [0.1, 0.15) is 26.3 Å². The Hall–Kier alpha value is -1.56. The maximum absolute atomic E-state index is 12.5. The van der Waals surface area contributed by atoms with Crippen LogP contribution >= 0.6 is 11.6 Å². The molecule has 21 heavy (non-hydrogen) atoms. The zero-order valence-electron chi connectivity index (χ0n) is 12.2. The van der Waals surface area contributed by atoms with Crippen molar-refractivity contribution in [3.8, 4) is 0 Å². The van der Waals surface area contributed by atoms with Gasteiger partial charge < -0.3 is 9.84 Å². The summed E-state index contributed by atoms with van der Waals surface area (Å²) in [4.78, 5) is 17.9. The molecule has 0 saturated heterocycles. The van der Waals surface area contributed by atoms with Crippen LogP contribution in [0.2, 0.25) is 5.02 Å². The summed E-state index contributed by atoms with van der Waals surface area (Å²) in [5.74, 6) is -0.512. The summed E-state index contributed by atoms with van der Waals surface area (Å²) >= 11 is 6.12. The van der Waals surface area contributed by atoms with Crippen molar-refractivity contribution >= 4 is 23.1 Å². The summed E-state index contributed by atoms with van der Waals surface area (Å²) in [6.07, 6.45) is 0. The van der Waals surface area contributed by atoms with Crippen molar-refractivity contribution in [1.29, 1.82) is 0 Å². The molecule has 0 unspecified atom stereocenters. The average Bonchev–Trinajstić information content (AvgIpc) is 2.60. The third-order valence-electron chi connectivity index (χ3n) is 3.33. The third-order valence-corrected chi connectivity index (χ3v) is 3.66. The lowest BCUT2D eigenvalue weighted by Gasteiger charge is -2.30. The van der Waals surface area contributed by atoms with Crippen LogP contribution in [0.3, 0.4) is 0 Å². The van der Waals surface area contributed by atoms with Crippen LogP contribution in [0.15, 0.2) is 30.0 Å². The standard InChI is InChI=1S/C15H18ClNO4/c1-4-20-9-21-17-14(19)12(13(18)15(17,2)3)10-7-5-6-8-11(10)16/h5-8,18H,4,9H2,1-3H3. The first-order valence-corrected chi connectivity index (χ1v) is 7.02. The highest BCUT2D eigenvalue weighted by Crippen LogP contribution is 2.40. The first kappa shape index (κ1) is 15.8. The van der Waals surface area contributed by atoms with Gasteiger partial charge in [0.2, 0.25) is 0 Å². The Bertz CT molecular complexity index is 583. The van der Waals surface area contributed by atoms with Crippen molar-refractivity contribution in [3.63, 3.8) is 0 Å². The fourth-order valence-corrected chi connectivity index (χ4v) is 2.39. The Morgan fingerprint density at radius 1 is 1.33 bits per heavy atom. The van der Waals surface area contributed by atoms with E-state index in [4.69, 9.17) is 21.2 Å². The van der Waals surface area contributed by atoms with Gasteiger partial charge in [-0.05, 0) is 26.8 Å². The van der Waals surface area contributed by atoms with Crippen LogP contribution < -0.4 is 0 Å². The van der Waals surface area contributed by atoms with E-state index in [0.717, 1.165) is 5.06 Å². The predicted octanol–water partition coefficient (Wildman–Crippen LogP) is 3.16. The van der Waals surface area contributed by atoms with Gasteiger partial charge >= 0.3 is 0 Å². The van der Waals surface area contributed by atoms with Gasteiger partial charge in [-0.3, -0.25) is 4.79 Å². The van der Waals surface area contributed by atoms with Gasteiger partial charge in [-0.2, -0.15) is 0 Å². The third kappa shape index (κ3) is 2.77. The molecule has 1 aliphatic rings. The molecule has 0 saturated carbocycles. The summed E-state index contributed by atoms with van der Waals surface area (Å²) in [5, 5.41) is 11.9. The molecule has 6 heteroatoms. The highest BCUT2D eigenvalue weighted by molar-refractivity contribution is 6.35. The van der Waals surface area contributed by atoms with Gasteiger partial charge in [-0.15, -0.1) is 0 Å². The predicted molar refractivity (Wildman–Crippen MR) is 79.5 cm³/mol. The van der Waals surface area contributed by atoms with E-state index in [9.17, 15) is 9.90 Å². The van der Waals surface area contributed by atoms with E-state index in [1.807, 2.05) is 6.92 Å². The molecule has 0 fully saturated rings. The second-order valence-corrected chi connectivity index (χ2v) is 5.51. The number of carbonyl (C=O) groups is 1. The normalized spacial score (nSPS) is 17.7. The van der Waals surface area contributed by atoms with E-state index < -0.39 is 11.4 Å². The van der Waals surface area contributed by atoms with Crippen molar-refractivity contribution in [2.45, 2.75) is 26.3 Å². The van der Waals surface area contributed by atoms with Gasteiger partial charge in [-0.25, -0.2) is 9.90 Å². The number of rotatable bonds is 5. The molecular formula is C15H18ClNO4. The number of aliphatic hydroxyl groups is 1. The van der Waals surface area contributed by atoms with Crippen molar-refractivity contribution < 1.29 is 19.5 Å². The smallest absolute Gasteiger partial charge is 0.282 e. The lowest BCUT2D eigenvalue weighted by molar-refractivity contribution is -0.242. The summed E-state index contributed by atoms with van der Waals surface area (Å²) in [6, 6.07) is 6.87. The number of carbonyl (C=O) groups excluding carboxylic acids is 1. The van der Waals surface area contributed by atoms with Crippen LogP contribution in [0, 0.1) is 0 Å². The molecule has 0 radical (unpaired) electrons. The molecule has 5 nitrogen and oxygen atoms in total. The maximum atomic E-state index is 12.5. The number of amides is 1. The molecule has 114 valence electrons. The number of halogens is 1. The molecule has 1 aliphatic heterocycles. The number of benzene rings is 1. The second kappa shape index (κ2) is 6.05. The fraction of sp³-hybridized carbons (Fsp3) is 0.400. The molecule has 0 spiro atoms. The van der Waals surface area contributed by atoms with Crippen molar-refractivity contribution in [1.82, 2.24) is 5.06 Å². The molecular weight excluding hydrogens is 294 g/mol. The number of hydrogen-bond donors (Lipinski definition) is 1. The first-order chi connectivity index (χ1) is 9.91. The van der Waals surface area contributed by atoms with E-state index in [2.05, 4.69) is 0 Å². The van der Waals surface area contributed by atoms with Gasteiger partial charge in [0, 0.05) is 17.2 Å². The van der Waals surface area contributed by atoms with Gasteiger partial charge in [0.15, 0.2) is 6.79 Å². The van der Waals surface area contributed by atoms with Crippen molar-refractivity contribution in [3.05, 3.63) is 40.6 Å². The van der Waals surface area contributed by atoms with E-state index >= 15 is 0 Å². The van der Waals surface area contributed by atoms with Gasteiger partial charge in [0.05, 0.1) is 5.57 Å². The SMILES string of the molecule is CCOCON1C(=O)C(c2ccccc2Cl)=C(O)C1(C)C. The maximum Gasteiger partial charge on any atom is 0.282 e. The zero-order chi connectivity index (χ0) is 15.6. The van der Waals surface area contributed by atoms with E-state index in [1.165, 1.54) is 0 Å². The Kier molecular flexibility index (Phi) is 4.56. The Morgan fingerprint density at radius 2 is 2.00 bits per heavy atom. The largest absolute Gasteiger partial charge is 0.509 e. The van der Waals surface area contributed by atoms with Crippen molar-refractivity contribution in [2.24, 2.45) is 0 Å². The van der Waals surface area contributed by atoms with Crippen LogP contribution in [0.25, 0.3) is 5.57 Å². The Labute approximate surface area is 128 Å². The molecule has 0 aliphatic carbocycles. The quantitative estimate of drug-likeness (QED) is 0.670. The number of hydrogen-bond acceptors (Lipinski definition) is 4. The number of ether oxygens (including phenoxy) is 1. The van der Waals surface area contributed by atoms with E-state index in [-0.39, 0.29) is 18.1 Å². The molecule has 1 amide bonds. The van der Waals surface area contributed by atoms with E-state index in [0.29, 0.717) is 17.2 Å². The van der Waals surface area contributed by atoms with Crippen LogP contribution in [-0.4, -0.2) is 35.0 Å². The minimum absolute atomic E-state index is 0.0608. The highest BCUT2D eigenvalue weighted by Gasteiger charge is 2.48. The summed E-state index contributed by atoms with van der Waals surface area (Å²) in [6.45, 7) is 5.62. The monoisotopic (exact) mass is 311 g/mol. The number of hydroxylamine groups is 2. The molecule has 0 aromatic heterocycles. The zero-order valence-corrected chi connectivity index (χ0v) is 13.0. The summed E-state index contributed by atoms with van der Waals surface area (Å²) < 4.78 is 5.09. The lowest BCUT2D eigenvalue weighted by Crippen LogP contribution is -2.44. The summed E-state index contributed by atoms with van der Waals surface area (Å²) in [7, 11) is 0. The molecule has 1 aromatic rings. The minimum Gasteiger partial charge on any atom is -0.509 e. The molecule has 1 heterocycles. The molecule has 0 bridgehead atoms. The molecule has 1 aromatic carbocycles. The lowest BCUT2D eigenvalue weighted by atomic mass is 9.99. The average molecular weight is 312 g/mol. The highest BCUT2D eigenvalue weighted by atomic mass is 35.5. The topological polar surface area (TPSA) is 59.0 Å². The molecule has 1 N–H and O–H groups in total.